The molecule has 2 aliphatic heterocycles. The number of nitrogens with zero attached hydrogens (tertiary/aromatic N) is 7. The average Bonchev–Trinajstić information content (AvgIpc) is 3.03. The molecule has 3 aromatic rings. The summed E-state index contributed by atoms with van der Waals surface area (Å²) in [5, 5.41) is 0. The normalized spacial score (nSPS) is 18.0. The Hall–Kier alpha value is -3.83. The second-order valence-electron chi connectivity index (χ2n) is 14.3. The molecule has 2 fully saturated rings. The first kappa shape index (κ1) is 34.0. The molecule has 11 heteroatoms. The van der Waals surface area contributed by atoms with E-state index in [0.29, 0.717) is 24.2 Å². The molecule has 0 bridgehead atoms. The quantitative estimate of drug-likeness (QED) is 0.226. The van der Waals surface area contributed by atoms with Gasteiger partial charge in [0.1, 0.15) is 29.7 Å². The summed E-state index contributed by atoms with van der Waals surface area (Å²) in [4.78, 5) is 35.6. The Morgan fingerprint density at radius 1 is 1.10 bits per heavy atom. The van der Waals surface area contributed by atoms with Crippen LogP contribution in [0.25, 0.3) is 0 Å². The molecule has 2 aromatic heterocycles. The third kappa shape index (κ3) is 7.12. The molecule has 0 radical (unpaired) electrons. The largest absolute Gasteiger partial charge is 0.490 e. The molecule has 1 aromatic carbocycles. The monoisotopic (exact) mass is 659 g/mol. The van der Waals surface area contributed by atoms with Gasteiger partial charge in [-0.15, -0.1) is 0 Å². The van der Waals surface area contributed by atoms with E-state index in [9.17, 15) is 9.18 Å². The third-order valence-corrected chi connectivity index (χ3v) is 10.2. The van der Waals surface area contributed by atoms with Crippen molar-refractivity contribution >= 4 is 11.7 Å². The van der Waals surface area contributed by atoms with Gasteiger partial charge >= 0.3 is 0 Å². The Kier molecular flexibility index (Phi) is 10.2. The minimum absolute atomic E-state index is 0.0352. The van der Waals surface area contributed by atoms with Gasteiger partial charge in [-0.3, -0.25) is 14.7 Å². The fraction of sp³-hybridized carbons (Fsp3) is 0.568. The first-order valence-corrected chi connectivity index (χ1v) is 17.4. The number of ether oxygens (including phenoxy) is 2. The summed E-state index contributed by atoms with van der Waals surface area (Å²) in [6.07, 6.45) is 10.4. The number of carbonyl (C=O) groups is 1. The van der Waals surface area contributed by atoms with E-state index in [2.05, 4.69) is 45.7 Å². The van der Waals surface area contributed by atoms with E-state index in [1.807, 2.05) is 33.0 Å². The number of anilines is 1. The molecule has 3 aliphatic rings. The highest BCUT2D eigenvalue weighted by molar-refractivity contribution is 5.97. The van der Waals surface area contributed by atoms with Gasteiger partial charge in [0.2, 0.25) is 0 Å². The molecule has 4 heterocycles. The second kappa shape index (κ2) is 14.3. The van der Waals surface area contributed by atoms with Gasteiger partial charge in [-0.2, -0.15) is 0 Å². The molecule has 1 aliphatic carbocycles. The van der Waals surface area contributed by atoms with Crippen LogP contribution in [0.3, 0.4) is 0 Å². The molecular weight excluding hydrogens is 609 g/mol. The number of rotatable bonds is 13. The van der Waals surface area contributed by atoms with Crippen LogP contribution in [0, 0.1) is 11.2 Å². The minimum Gasteiger partial charge on any atom is -0.490 e. The van der Waals surface area contributed by atoms with Crippen LogP contribution >= 0.6 is 0 Å². The van der Waals surface area contributed by atoms with Gasteiger partial charge in [0, 0.05) is 74.1 Å². The van der Waals surface area contributed by atoms with Gasteiger partial charge in [-0.05, 0) is 91.4 Å². The summed E-state index contributed by atoms with van der Waals surface area (Å²) in [7, 11) is 4.28. The van der Waals surface area contributed by atoms with Crippen molar-refractivity contribution in [2.75, 3.05) is 51.7 Å². The van der Waals surface area contributed by atoms with Crippen LogP contribution < -0.4 is 14.4 Å². The van der Waals surface area contributed by atoms with Crippen molar-refractivity contribution in [1.29, 1.82) is 0 Å². The Balaban J connectivity index is 1.09. The number of carbonyl (C=O) groups excluding carboxylic acids is 1. The second-order valence-corrected chi connectivity index (χ2v) is 14.3. The zero-order chi connectivity index (χ0) is 34.0. The van der Waals surface area contributed by atoms with E-state index in [0.717, 1.165) is 70.6 Å². The van der Waals surface area contributed by atoms with Crippen LogP contribution in [0.1, 0.15) is 75.0 Å². The van der Waals surface area contributed by atoms with E-state index in [1.165, 1.54) is 35.8 Å². The lowest BCUT2D eigenvalue weighted by atomic mass is 9.61. The predicted octanol–water partition coefficient (Wildman–Crippen LogP) is 5.81. The van der Waals surface area contributed by atoms with E-state index >= 15 is 0 Å². The maximum atomic E-state index is 14.3. The number of amides is 1. The van der Waals surface area contributed by atoms with E-state index in [-0.39, 0.29) is 34.8 Å². The number of aromatic nitrogens is 3. The molecule has 6 rings (SSSR count). The van der Waals surface area contributed by atoms with Crippen LogP contribution in [-0.2, 0) is 13.0 Å². The lowest BCUT2D eigenvalue weighted by molar-refractivity contribution is -0.0354. The molecule has 10 nitrogen and oxygen atoms in total. The Labute approximate surface area is 284 Å². The zero-order valence-electron chi connectivity index (χ0n) is 29.3. The zero-order valence-corrected chi connectivity index (χ0v) is 29.3. The first-order chi connectivity index (χ1) is 23.1. The van der Waals surface area contributed by atoms with Gasteiger partial charge in [-0.1, -0.05) is 6.92 Å². The van der Waals surface area contributed by atoms with Crippen LogP contribution in [0.2, 0.25) is 0 Å². The maximum absolute atomic E-state index is 14.3. The van der Waals surface area contributed by atoms with Crippen LogP contribution in [0.5, 0.6) is 17.2 Å². The predicted molar refractivity (Wildman–Crippen MR) is 184 cm³/mol. The molecule has 1 atom stereocenters. The summed E-state index contributed by atoms with van der Waals surface area (Å²) in [6.45, 7) is 13.3. The van der Waals surface area contributed by atoms with Crippen molar-refractivity contribution in [1.82, 2.24) is 29.7 Å². The SMILES string of the molecule is CC[C@H](CCN(C)C)N1CCc2nccc(OC3CC4(C3)CN(c3ncncc3Oc3ccc(F)cc3C(=O)N(CC)C(C)C)C4)c2C1. The van der Waals surface area contributed by atoms with Gasteiger partial charge in [-0.25, -0.2) is 14.4 Å². The molecule has 1 saturated carbocycles. The van der Waals surface area contributed by atoms with Crippen LogP contribution in [0.15, 0.2) is 43.0 Å². The number of pyridine rings is 1. The standard InChI is InChI=1S/C37H50FN7O3/c1-7-27(12-15-42(5)6)43-16-13-31-30(21-43)33(11-14-40-31)47-28-18-37(19-28)22-44(23-37)35-34(20-39-24-41-35)48-32-10-9-26(38)17-29(32)36(46)45(8-2)25(3)4/h9-11,14,17,20,24-25,27-28H,7-8,12-13,15-16,18-19,21-23H2,1-6H3/t27-/m1/s1. The number of hydrogen-bond donors (Lipinski definition) is 0. The molecule has 0 unspecified atom stereocenters. The summed E-state index contributed by atoms with van der Waals surface area (Å²) in [5.41, 5.74) is 2.77. The first-order valence-electron chi connectivity index (χ1n) is 17.4. The smallest absolute Gasteiger partial charge is 0.257 e. The van der Waals surface area contributed by atoms with Crippen molar-refractivity contribution in [2.24, 2.45) is 5.41 Å². The van der Waals surface area contributed by atoms with E-state index < -0.39 is 5.82 Å². The molecule has 1 spiro atoms. The van der Waals surface area contributed by atoms with Crippen molar-refractivity contribution in [3.05, 3.63) is 65.6 Å². The van der Waals surface area contributed by atoms with Crippen molar-refractivity contribution < 1.29 is 18.7 Å². The fourth-order valence-corrected chi connectivity index (χ4v) is 7.64. The van der Waals surface area contributed by atoms with Crippen LogP contribution in [0.4, 0.5) is 10.2 Å². The minimum atomic E-state index is -0.490. The topological polar surface area (TPSA) is 87.2 Å². The number of halogens is 1. The molecule has 1 amide bonds. The number of hydrogen-bond acceptors (Lipinski definition) is 9. The Bertz CT molecular complexity index is 1590. The molecule has 1 saturated heterocycles. The molecule has 258 valence electrons. The van der Waals surface area contributed by atoms with Crippen molar-refractivity contribution in [3.63, 3.8) is 0 Å². The molecule has 48 heavy (non-hydrogen) atoms. The summed E-state index contributed by atoms with van der Waals surface area (Å²) >= 11 is 0. The highest BCUT2D eigenvalue weighted by atomic mass is 19.1. The van der Waals surface area contributed by atoms with E-state index in [1.54, 1.807) is 11.1 Å². The van der Waals surface area contributed by atoms with Crippen molar-refractivity contribution in [2.45, 2.75) is 84.5 Å². The van der Waals surface area contributed by atoms with Gasteiger partial charge in [0.05, 0.1) is 11.8 Å². The third-order valence-electron chi connectivity index (χ3n) is 10.2. The van der Waals surface area contributed by atoms with Gasteiger partial charge in [0.15, 0.2) is 11.6 Å². The summed E-state index contributed by atoms with van der Waals surface area (Å²) < 4.78 is 27.2. The Morgan fingerprint density at radius 3 is 2.60 bits per heavy atom. The highest BCUT2D eigenvalue weighted by Gasteiger charge is 2.54. The van der Waals surface area contributed by atoms with Crippen molar-refractivity contribution in [3.8, 4) is 17.2 Å². The highest BCUT2D eigenvalue weighted by Crippen LogP contribution is 2.52. The fourth-order valence-electron chi connectivity index (χ4n) is 7.64. The number of fused-ring (bicyclic) bond motifs is 1. The lowest BCUT2D eigenvalue weighted by Gasteiger charge is -2.59. The van der Waals surface area contributed by atoms with Gasteiger partial charge < -0.3 is 24.2 Å². The maximum Gasteiger partial charge on any atom is 0.257 e. The lowest BCUT2D eigenvalue weighted by Crippen LogP contribution is -2.65. The molecule has 0 N–H and O–H groups in total. The summed E-state index contributed by atoms with van der Waals surface area (Å²) in [6, 6.07) is 6.61. The molecular formula is C37H50FN7O3. The average molecular weight is 660 g/mol. The van der Waals surface area contributed by atoms with Gasteiger partial charge in [0.25, 0.3) is 5.91 Å². The number of benzene rings is 1. The van der Waals surface area contributed by atoms with E-state index in [4.69, 9.17) is 14.5 Å². The Morgan fingerprint density at radius 2 is 1.90 bits per heavy atom. The van der Waals surface area contributed by atoms with Crippen LogP contribution in [-0.4, -0.2) is 101 Å². The summed E-state index contributed by atoms with van der Waals surface area (Å²) in [5.74, 6) is 1.61.